The topological polar surface area (TPSA) is 68.8 Å². The fourth-order valence-electron chi connectivity index (χ4n) is 3.57. The van der Waals surface area contributed by atoms with Gasteiger partial charge in [-0.1, -0.05) is 0 Å². The number of likely N-dealkylation sites (tertiary alicyclic amines) is 1. The summed E-state index contributed by atoms with van der Waals surface area (Å²) in [5.41, 5.74) is 2.01. The van der Waals surface area contributed by atoms with Crippen molar-refractivity contribution >= 4 is 11.4 Å². The number of nitrogens with zero attached hydrogens (tertiary/aromatic N) is 4. The summed E-state index contributed by atoms with van der Waals surface area (Å²) in [5.74, 6) is 0.924. The van der Waals surface area contributed by atoms with E-state index in [0.717, 1.165) is 42.9 Å². The number of hydrogen-bond donors (Lipinski definition) is 0. The molecule has 0 spiro atoms. The van der Waals surface area contributed by atoms with Crippen LogP contribution < -0.4 is 10.3 Å². The van der Waals surface area contributed by atoms with Crippen molar-refractivity contribution in [3.63, 3.8) is 0 Å². The van der Waals surface area contributed by atoms with Crippen molar-refractivity contribution in [3.05, 3.63) is 53.1 Å². The van der Waals surface area contributed by atoms with Crippen molar-refractivity contribution in [2.24, 2.45) is 0 Å². The molecule has 4 rings (SSSR count). The molecule has 1 aliphatic rings. The van der Waals surface area contributed by atoms with Crippen molar-refractivity contribution in [2.45, 2.75) is 32.7 Å². The number of rotatable bonds is 6. The first kappa shape index (κ1) is 18.3. The van der Waals surface area contributed by atoms with Crippen LogP contribution in [-0.2, 0) is 11.3 Å². The summed E-state index contributed by atoms with van der Waals surface area (Å²) in [7, 11) is 0. The Morgan fingerprint density at radius 2 is 1.89 bits per heavy atom. The van der Waals surface area contributed by atoms with Gasteiger partial charge in [0.1, 0.15) is 11.3 Å². The molecule has 0 bridgehead atoms. The van der Waals surface area contributed by atoms with Gasteiger partial charge in [-0.2, -0.15) is 5.10 Å². The van der Waals surface area contributed by atoms with Crippen LogP contribution >= 0.6 is 0 Å². The van der Waals surface area contributed by atoms with Gasteiger partial charge in [-0.05, 0) is 50.1 Å². The Morgan fingerprint density at radius 3 is 2.61 bits per heavy atom. The third-order valence-electron chi connectivity index (χ3n) is 5.09. The monoisotopic (exact) mass is 380 g/mol. The van der Waals surface area contributed by atoms with Crippen molar-refractivity contribution in [1.29, 1.82) is 0 Å². The van der Waals surface area contributed by atoms with E-state index in [1.165, 1.54) is 0 Å². The zero-order valence-corrected chi connectivity index (χ0v) is 16.0. The molecule has 0 atom stereocenters. The first-order valence-corrected chi connectivity index (χ1v) is 9.75. The average molecular weight is 380 g/mol. The van der Waals surface area contributed by atoms with Crippen LogP contribution in [0.4, 0.5) is 0 Å². The molecule has 28 heavy (non-hydrogen) atoms. The molecule has 0 radical (unpaired) electrons. The fraction of sp³-hybridized carbons (Fsp3) is 0.381. The Morgan fingerprint density at radius 1 is 1.14 bits per heavy atom. The van der Waals surface area contributed by atoms with Gasteiger partial charge in [-0.25, -0.2) is 4.52 Å². The van der Waals surface area contributed by atoms with Gasteiger partial charge in [0, 0.05) is 44.0 Å². The Kier molecular flexibility index (Phi) is 5.14. The lowest BCUT2D eigenvalue weighted by Crippen LogP contribution is -2.30. The molecular formula is C21H24N4O3. The van der Waals surface area contributed by atoms with Gasteiger partial charge in [0.2, 0.25) is 5.91 Å². The molecule has 1 fully saturated rings. The van der Waals surface area contributed by atoms with E-state index in [4.69, 9.17) is 4.74 Å². The molecule has 146 valence electrons. The minimum atomic E-state index is -0.138. The molecule has 2 aromatic heterocycles. The normalized spacial score (nSPS) is 14.0. The third-order valence-corrected chi connectivity index (χ3v) is 5.09. The van der Waals surface area contributed by atoms with Crippen molar-refractivity contribution in [3.8, 4) is 17.0 Å². The highest BCUT2D eigenvalue weighted by molar-refractivity contribution is 5.76. The maximum absolute atomic E-state index is 12.8. The number of ether oxygens (including phenoxy) is 1. The Bertz CT molecular complexity index is 1030. The van der Waals surface area contributed by atoms with Gasteiger partial charge in [-0.3, -0.25) is 9.59 Å². The van der Waals surface area contributed by atoms with Gasteiger partial charge in [0.25, 0.3) is 5.56 Å². The smallest absolute Gasteiger partial charge is 0.276 e. The SMILES string of the molecule is CCOc1ccc(-c2cc3c(=O)n(CCC(=O)N4CCCC4)ccn3n2)cc1. The van der Waals surface area contributed by atoms with Crippen molar-refractivity contribution < 1.29 is 9.53 Å². The Labute approximate surface area is 163 Å². The minimum absolute atomic E-state index is 0.118. The van der Waals surface area contributed by atoms with Crippen LogP contribution in [0, 0.1) is 0 Å². The molecule has 1 saturated heterocycles. The predicted octanol–water partition coefficient (Wildman–Crippen LogP) is 2.57. The van der Waals surface area contributed by atoms with Crippen LogP contribution in [0.5, 0.6) is 5.75 Å². The summed E-state index contributed by atoms with van der Waals surface area (Å²) in [4.78, 5) is 26.9. The second kappa shape index (κ2) is 7.88. The van der Waals surface area contributed by atoms with Crippen LogP contribution in [0.3, 0.4) is 0 Å². The number of amides is 1. The third kappa shape index (κ3) is 3.65. The van der Waals surface area contributed by atoms with E-state index < -0.39 is 0 Å². The zero-order valence-electron chi connectivity index (χ0n) is 16.0. The van der Waals surface area contributed by atoms with Gasteiger partial charge >= 0.3 is 0 Å². The Hall–Kier alpha value is -3.09. The number of carbonyl (C=O) groups is 1. The van der Waals surface area contributed by atoms with Crippen LogP contribution in [0.25, 0.3) is 16.8 Å². The predicted molar refractivity (Wildman–Crippen MR) is 106 cm³/mol. The molecule has 0 N–H and O–H groups in total. The van der Waals surface area contributed by atoms with E-state index in [1.807, 2.05) is 36.1 Å². The van der Waals surface area contributed by atoms with E-state index in [2.05, 4.69) is 5.10 Å². The molecule has 3 heterocycles. The summed E-state index contributed by atoms with van der Waals surface area (Å²) in [6, 6.07) is 9.44. The Balaban J connectivity index is 1.54. The fourth-order valence-corrected chi connectivity index (χ4v) is 3.57. The summed E-state index contributed by atoms with van der Waals surface area (Å²) in [6.45, 7) is 4.61. The molecule has 1 aliphatic heterocycles. The standard InChI is InChI=1S/C21H24N4O3/c1-2-28-17-7-5-16(6-8-17)18-15-19-21(27)24(13-14-25(19)22-18)12-9-20(26)23-10-3-4-11-23/h5-8,13-15H,2-4,9-12H2,1H3. The average Bonchev–Trinajstić information content (AvgIpc) is 3.38. The molecule has 0 unspecified atom stereocenters. The largest absolute Gasteiger partial charge is 0.494 e. The quantitative estimate of drug-likeness (QED) is 0.659. The van der Waals surface area contributed by atoms with Crippen LogP contribution in [-0.4, -0.2) is 44.7 Å². The second-order valence-electron chi connectivity index (χ2n) is 6.95. The lowest BCUT2D eigenvalue weighted by molar-refractivity contribution is -0.130. The number of aromatic nitrogens is 3. The summed E-state index contributed by atoms with van der Waals surface area (Å²) >= 11 is 0. The van der Waals surface area contributed by atoms with Crippen LogP contribution in [0.1, 0.15) is 26.2 Å². The first-order valence-electron chi connectivity index (χ1n) is 9.75. The van der Waals surface area contributed by atoms with E-state index in [9.17, 15) is 9.59 Å². The number of hydrogen-bond acceptors (Lipinski definition) is 4. The zero-order chi connectivity index (χ0) is 19.5. The van der Waals surface area contributed by atoms with Crippen LogP contribution in [0.2, 0.25) is 0 Å². The summed E-state index contributed by atoms with van der Waals surface area (Å²) < 4.78 is 8.64. The highest BCUT2D eigenvalue weighted by atomic mass is 16.5. The summed E-state index contributed by atoms with van der Waals surface area (Å²) in [5, 5.41) is 4.51. The molecule has 1 amide bonds. The molecule has 3 aromatic rings. The van der Waals surface area contributed by atoms with E-state index in [-0.39, 0.29) is 11.5 Å². The lowest BCUT2D eigenvalue weighted by Gasteiger charge is -2.15. The van der Waals surface area contributed by atoms with E-state index in [0.29, 0.717) is 25.1 Å². The number of carbonyl (C=O) groups excluding carboxylic acids is 1. The molecule has 7 heteroatoms. The van der Waals surface area contributed by atoms with Gasteiger partial charge < -0.3 is 14.2 Å². The first-order chi connectivity index (χ1) is 13.7. The van der Waals surface area contributed by atoms with Gasteiger partial charge in [-0.15, -0.1) is 0 Å². The minimum Gasteiger partial charge on any atom is -0.494 e. The van der Waals surface area contributed by atoms with Crippen molar-refractivity contribution in [1.82, 2.24) is 19.1 Å². The highest BCUT2D eigenvalue weighted by Gasteiger charge is 2.18. The number of aryl methyl sites for hydroxylation is 1. The molecule has 1 aromatic carbocycles. The molecular weight excluding hydrogens is 356 g/mol. The lowest BCUT2D eigenvalue weighted by atomic mass is 10.1. The number of fused-ring (bicyclic) bond motifs is 1. The summed E-state index contributed by atoms with van der Waals surface area (Å²) in [6.07, 6.45) is 5.94. The molecule has 0 saturated carbocycles. The van der Waals surface area contributed by atoms with E-state index in [1.54, 1.807) is 27.5 Å². The van der Waals surface area contributed by atoms with Crippen molar-refractivity contribution in [2.75, 3.05) is 19.7 Å². The maximum atomic E-state index is 12.8. The highest BCUT2D eigenvalue weighted by Crippen LogP contribution is 2.22. The van der Waals surface area contributed by atoms with Gasteiger partial charge in [0.05, 0.1) is 12.3 Å². The van der Waals surface area contributed by atoms with Gasteiger partial charge in [0.15, 0.2) is 0 Å². The van der Waals surface area contributed by atoms with E-state index >= 15 is 0 Å². The second-order valence-corrected chi connectivity index (χ2v) is 6.95. The molecule has 7 nitrogen and oxygen atoms in total. The number of benzene rings is 1. The van der Waals surface area contributed by atoms with Crippen LogP contribution in [0.15, 0.2) is 47.5 Å². The molecule has 0 aliphatic carbocycles. The maximum Gasteiger partial charge on any atom is 0.276 e.